The van der Waals surface area contributed by atoms with Crippen LogP contribution >= 0.6 is 12.2 Å². The van der Waals surface area contributed by atoms with E-state index >= 15 is 0 Å². The summed E-state index contributed by atoms with van der Waals surface area (Å²) in [6, 6.07) is 10.9. The van der Waals surface area contributed by atoms with Gasteiger partial charge in [-0.15, -0.1) is 0 Å². The zero-order valence-electron chi connectivity index (χ0n) is 15.5. The highest BCUT2D eigenvalue weighted by atomic mass is 32.1. The highest BCUT2D eigenvalue weighted by molar-refractivity contribution is 7.80. The Balaban J connectivity index is 1.96. The van der Waals surface area contributed by atoms with Crippen LogP contribution in [0.15, 0.2) is 46.4 Å². The number of carbonyl (C=O) groups excluding carboxylic acids is 2. The van der Waals surface area contributed by atoms with Gasteiger partial charge in [-0.05, 0) is 56.8 Å². The fraction of sp³-hybridized carbons (Fsp3) is 0.250. The van der Waals surface area contributed by atoms with E-state index in [1.54, 1.807) is 12.1 Å². The standard InChI is InChI=1S/C20H21N3O3S/c1-4-22(5-2)17-11-10-14(26-17)12-15-18(24)21-20(27)23(19(15)25)16-9-7-6-8-13(16)3/h6-12H,4-5H2,1-3H3,(H,21,24,27). The van der Waals surface area contributed by atoms with Crippen LogP contribution in [0.5, 0.6) is 0 Å². The van der Waals surface area contributed by atoms with Crippen molar-refractivity contribution in [3.63, 3.8) is 0 Å². The summed E-state index contributed by atoms with van der Waals surface area (Å²) in [5.41, 5.74) is 1.50. The van der Waals surface area contributed by atoms with Crippen molar-refractivity contribution in [3.05, 3.63) is 53.3 Å². The first-order valence-corrected chi connectivity index (χ1v) is 9.19. The lowest BCUT2D eigenvalue weighted by Gasteiger charge is -2.29. The van der Waals surface area contributed by atoms with E-state index in [-0.39, 0.29) is 10.7 Å². The molecule has 2 aromatic rings. The molecule has 0 saturated carbocycles. The molecule has 6 nitrogen and oxygen atoms in total. The summed E-state index contributed by atoms with van der Waals surface area (Å²) in [4.78, 5) is 28.8. The van der Waals surface area contributed by atoms with E-state index in [0.717, 1.165) is 18.7 Å². The zero-order valence-corrected chi connectivity index (χ0v) is 16.3. The van der Waals surface area contributed by atoms with Crippen molar-refractivity contribution in [3.8, 4) is 0 Å². The first-order chi connectivity index (χ1) is 13.0. The van der Waals surface area contributed by atoms with Crippen LogP contribution in [0.3, 0.4) is 0 Å². The third-order valence-corrected chi connectivity index (χ3v) is 4.72. The number of furan rings is 1. The van der Waals surface area contributed by atoms with Crippen LogP contribution in [-0.2, 0) is 9.59 Å². The van der Waals surface area contributed by atoms with E-state index < -0.39 is 11.8 Å². The second kappa shape index (κ2) is 7.75. The highest BCUT2D eigenvalue weighted by Crippen LogP contribution is 2.26. The molecule has 0 aliphatic carbocycles. The number of rotatable bonds is 5. The number of anilines is 2. The van der Waals surface area contributed by atoms with Gasteiger partial charge in [0.2, 0.25) is 0 Å². The largest absolute Gasteiger partial charge is 0.441 e. The van der Waals surface area contributed by atoms with Crippen LogP contribution in [0, 0.1) is 6.92 Å². The summed E-state index contributed by atoms with van der Waals surface area (Å²) in [6.45, 7) is 7.55. The number of nitrogens with zero attached hydrogens (tertiary/aromatic N) is 2. The highest BCUT2D eigenvalue weighted by Gasteiger charge is 2.35. The minimum atomic E-state index is -0.532. The Morgan fingerprint density at radius 1 is 1.15 bits per heavy atom. The van der Waals surface area contributed by atoms with Gasteiger partial charge in [0.1, 0.15) is 11.3 Å². The zero-order chi connectivity index (χ0) is 19.6. The predicted molar refractivity (Wildman–Crippen MR) is 110 cm³/mol. The molecule has 1 N–H and O–H groups in total. The Labute approximate surface area is 163 Å². The molecule has 1 saturated heterocycles. The van der Waals surface area contributed by atoms with Gasteiger partial charge in [0.05, 0.1) is 5.69 Å². The molecular formula is C20H21N3O3S. The number of carbonyl (C=O) groups is 2. The number of amides is 2. The molecule has 3 rings (SSSR count). The number of hydrogen-bond acceptors (Lipinski definition) is 5. The Morgan fingerprint density at radius 2 is 1.85 bits per heavy atom. The van der Waals surface area contributed by atoms with Gasteiger partial charge in [-0.25, -0.2) is 0 Å². The van der Waals surface area contributed by atoms with Gasteiger partial charge in [0.25, 0.3) is 11.8 Å². The van der Waals surface area contributed by atoms with Crippen LogP contribution in [-0.4, -0.2) is 30.0 Å². The molecule has 0 unspecified atom stereocenters. The van der Waals surface area contributed by atoms with Crippen molar-refractivity contribution in [2.24, 2.45) is 0 Å². The molecule has 1 fully saturated rings. The number of benzene rings is 1. The summed E-state index contributed by atoms with van der Waals surface area (Å²) >= 11 is 5.23. The fourth-order valence-electron chi connectivity index (χ4n) is 2.96. The van der Waals surface area contributed by atoms with Crippen molar-refractivity contribution in [1.82, 2.24) is 5.32 Å². The second-order valence-corrected chi connectivity index (χ2v) is 6.48. The maximum absolute atomic E-state index is 13.0. The first-order valence-electron chi connectivity index (χ1n) is 8.78. The quantitative estimate of drug-likeness (QED) is 0.488. The monoisotopic (exact) mass is 383 g/mol. The Hall–Kier alpha value is -2.93. The van der Waals surface area contributed by atoms with Crippen LogP contribution in [0.25, 0.3) is 6.08 Å². The number of thiocarbonyl (C=S) groups is 1. The lowest BCUT2D eigenvalue weighted by molar-refractivity contribution is -0.122. The molecule has 1 aliphatic rings. The Bertz CT molecular complexity index is 928. The van der Waals surface area contributed by atoms with E-state index in [1.165, 1.54) is 11.0 Å². The van der Waals surface area contributed by atoms with Crippen molar-refractivity contribution >= 4 is 46.8 Å². The number of para-hydroxylation sites is 1. The number of nitrogens with one attached hydrogen (secondary N) is 1. The SMILES string of the molecule is CCN(CC)c1ccc(C=C2C(=O)NC(=S)N(c3ccccc3C)C2=O)o1. The molecule has 1 aromatic heterocycles. The van der Waals surface area contributed by atoms with Crippen LogP contribution in [0.1, 0.15) is 25.2 Å². The van der Waals surface area contributed by atoms with Gasteiger partial charge in [-0.2, -0.15) is 0 Å². The minimum Gasteiger partial charge on any atom is -0.441 e. The van der Waals surface area contributed by atoms with Gasteiger partial charge >= 0.3 is 0 Å². The molecule has 0 bridgehead atoms. The van der Waals surface area contributed by atoms with Gasteiger partial charge in [-0.3, -0.25) is 19.8 Å². The summed E-state index contributed by atoms with van der Waals surface area (Å²) in [6.07, 6.45) is 1.46. The van der Waals surface area contributed by atoms with Crippen molar-refractivity contribution in [1.29, 1.82) is 0 Å². The molecule has 2 heterocycles. The summed E-state index contributed by atoms with van der Waals surface area (Å²) in [5, 5.41) is 2.65. The van der Waals surface area contributed by atoms with Gasteiger partial charge in [0, 0.05) is 19.2 Å². The number of aryl methyl sites for hydroxylation is 1. The summed E-state index contributed by atoms with van der Waals surface area (Å²) in [5.74, 6) is 0.129. The lowest BCUT2D eigenvalue weighted by Crippen LogP contribution is -2.54. The van der Waals surface area contributed by atoms with Crippen molar-refractivity contribution in [2.45, 2.75) is 20.8 Å². The normalized spacial score (nSPS) is 16.0. The molecule has 0 radical (unpaired) electrons. The van der Waals surface area contributed by atoms with Crippen LogP contribution in [0.4, 0.5) is 11.6 Å². The fourth-order valence-corrected chi connectivity index (χ4v) is 3.23. The van der Waals surface area contributed by atoms with E-state index in [1.807, 2.05) is 49.9 Å². The molecule has 140 valence electrons. The molecule has 0 spiro atoms. The average molecular weight is 383 g/mol. The average Bonchev–Trinajstić information content (AvgIpc) is 3.09. The maximum Gasteiger partial charge on any atom is 0.270 e. The third kappa shape index (κ3) is 3.64. The van der Waals surface area contributed by atoms with Gasteiger partial charge in [0.15, 0.2) is 11.0 Å². The van der Waals surface area contributed by atoms with Gasteiger partial charge < -0.3 is 9.32 Å². The summed E-state index contributed by atoms with van der Waals surface area (Å²) < 4.78 is 5.78. The molecular weight excluding hydrogens is 362 g/mol. The van der Waals surface area contributed by atoms with Crippen molar-refractivity contribution < 1.29 is 14.0 Å². The molecule has 1 aromatic carbocycles. The molecule has 27 heavy (non-hydrogen) atoms. The smallest absolute Gasteiger partial charge is 0.270 e. The molecule has 2 amide bonds. The van der Waals surface area contributed by atoms with E-state index in [9.17, 15) is 9.59 Å². The van der Waals surface area contributed by atoms with Crippen LogP contribution < -0.4 is 15.1 Å². The van der Waals surface area contributed by atoms with E-state index in [0.29, 0.717) is 17.3 Å². The number of hydrogen-bond donors (Lipinski definition) is 1. The first kappa shape index (κ1) is 18.8. The third-order valence-electron chi connectivity index (χ3n) is 4.43. The molecule has 7 heteroatoms. The Kier molecular flexibility index (Phi) is 5.41. The minimum absolute atomic E-state index is 0.0210. The lowest BCUT2D eigenvalue weighted by atomic mass is 10.1. The van der Waals surface area contributed by atoms with Crippen LogP contribution in [0.2, 0.25) is 0 Å². The second-order valence-electron chi connectivity index (χ2n) is 6.09. The van der Waals surface area contributed by atoms with E-state index in [2.05, 4.69) is 5.32 Å². The molecule has 1 aliphatic heterocycles. The van der Waals surface area contributed by atoms with Crippen molar-refractivity contribution in [2.75, 3.05) is 22.9 Å². The topological polar surface area (TPSA) is 65.8 Å². The Morgan fingerprint density at radius 3 is 2.52 bits per heavy atom. The van der Waals surface area contributed by atoms with Gasteiger partial charge in [-0.1, -0.05) is 18.2 Å². The molecule has 0 atom stereocenters. The maximum atomic E-state index is 13.0. The predicted octanol–water partition coefficient (Wildman–Crippen LogP) is 3.27. The van der Waals surface area contributed by atoms with E-state index in [4.69, 9.17) is 16.6 Å². The summed E-state index contributed by atoms with van der Waals surface area (Å²) in [7, 11) is 0.